The molecule has 0 aliphatic heterocycles. The van der Waals surface area contributed by atoms with E-state index in [-0.39, 0.29) is 12.7 Å². The van der Waals surface area contributed by atoms with Crippen molar-refractivity contribution in [1.29, 1.82) is 0 Å². The van der Waals surface area contributed by atoms with E-state index in [4.69, 9.17) is 32.7 Å². The lowest BCUT2D eigenvalue weighted by atomic mass is 10.2. The molecular weight excluding hydrogens is 483 g/mol. The van der Waals surface area contributed by atoms with Gasteiger partial charge >= 0.3 is 11.8 Å². The number of carbonyl (C=O) groups excluding carboxylic acids is 3. The second kappa shape index (κ2) is 14.2. The first-order valence-corrected chi connectivity index (χ1v) is 11.2. The standard InChI is InChI=1S/C23H26Cl2N4O5/c1-15(2)33-8-4-7-26-22(31)23(32)29-27-13-16-5-3-6-20(9-16)34-14-21(30)28-19-11-17(24)10-18(25)12-19/h3,5-6,9-13,15H,4,7-8,14H2,1-2H3,(H,26,31)(H,28,30)(H,29,32)/b27-13-. The van der Waals surface area contributed by atoms with E-state index < -0.39 is 17.7 Å². The minimum absolute atomic E-state index is 0.114. The lowest BCUT2D eigenvalue weighted by Crippen LogP contribution is -2.38. The fourth-order valence-electron chi connectivity index (χ4n) is 2.55. The lowest BCUT2D eigenvalue weighted by molar-refractivity contribution is -0.139. The van der Waals surface area contributed by atoms with E-state index in [0.717, 1.165) is 0 Å². The molecule has 3 amide bonds. The van der Waals surface area contributed by atoms with Gasteiger partial charge in [-0.3, -0.25) is 14.4 Å². The van der Waals surface area contributed by atoms with Crippen LogP contribution in [0.15, 0.2) is 47.6 Å². The Morgan fingerprint density at radius 2 is 1.79 bits per heavy atom. The van der Waals surface area contributed by atoms with E-state index in [2.05, 4.69) is 21.2 Å². The Bertz CT molecular complexity index is 1010. The third-order valence-electron chi connectivity index (χ3n) is 4.02. The van der Waals surface area contributed by atoms with Gasteiger partial charge in [0.1, 0.15) is 5.75 Å². The van der Waals surface area contributed by atoms with Crippen LogP contribution in [0.2, 0.25) is 10.0 Å². The van der Waals surface area contributed by atoms with Crippen molar-refractivity contribution in [2.75, 3.05) is 25.1 Å². The molecule has 0 spiro atoms. The van der Waals surface area contributed by atoms with Crippen LogP contribution in [0.3, 0.4) is 0 Å². The highest BCUT2D eigenvalue weighted by atomic mass is 35.5. The predicted molar refractivity (Wildman–Crippen MR) is 131 cm³/mol. The number of hydrazone groups is 1. The highest BCUT2D eigenvalue weighted by molar-refractivity contribution is 6.35. The maximum absolute atomic E-state index is 12.1. The summed E-state index contributed by atoms with van der Waals surface area (Å²) in [4.78, 5) is 35.6. The van der Waals surface area contributed by atoms with Crippen molar-refractivity contribution in [3.05, 3.63) is 58.1 Å². The van der Waals surface area contributed by atoms with E-state index in [9.17, 15) is 14.4 Å². The second-order valence-corrected chi connectivity index (χ2v) is 8.17. The zero-order valence-electron chi connectivity index (χ0n) is 18.8. The molecule has 2 rings (SSSR count). The molecule has 0 aromatic heterocycles. The Kier molecular flexibility index (Phi) is 11.3. The molecule has 2 aromatic rings. The second-order valence-electron chi connectivity index (χ2n) is 7.30. The quantitative estimate of drug-likeness (QED) is 0.186. The Morgan fingerprint density at radius 3 is 2.50 bits per heavy atom. The molecule has 182 valence electrons. The predicted octanol–water partition coefficient (Wildman–Crippen LogP) is 3.39. The number of nitrogens with zero attached hydrogens (tertiary/aromatic N) is 1. The number of anilines is 1. The van der Waals surface area contributed by atoms with Crippen LogP contribution in [0.5, 0.6) is 5.75 Å². The summed E-state index contributed by atoms with van der Waals surface area (Å²) in [5.74, 6) is -1.65. The van der Waals surface area contributed by atoms with Crippen molar-refractivity contribution in [3.63, 3.8) is 0 Å². The number of benzene rings is 2. The van der Waals surface area contributed by atoms with Crippen molar-refractivity contribution in [2.24, 2.45) is 5.10 Å². The average Bonchev–Trinajstić information content (AvgIpc) is 2.76. The summed E-state index contributed by atoms with van der Waals surface area (Å²) in [6.45, 7) is 4.40. The summed E-state index contributed by atoms with van der Waals surface area (Å²) >= 11 is 11.8. The monoisotopic (exact) mass is 508 g/mol. The highest BCUT2D eigenvalue weighted by Crippen LogP contribution is 2.22. The largest absolute Gasteiger partial charge is 0.484 e. The molecule has 0 fully saturated rings. The summed E-state index contributed by atoms with van der Waals surface area (Å²) in [7, 11) is 0. The van der Waals surface area contributed by atoms with Crippen LogP contribution in [0.4, 0.5) is 5.69 Å². The normalized spacial score (nSPS) is 10.9. The summed E-state index contributed by atoms with van der Waals surface area (Å²) in [5.41, 5.74) is 3.20. The number of carbonyl (C=O) groups is 3. The summed E-state index contributed by atoms with van der Waals surface area (Å²) in [5, 5.41) is 9.70. The van der Waals surface area contributed by atoms with Gasteiger partial charge in [-0.25, -0.2) is 5.43 Å². The molecule has 3 N–H and O–H groups in total. The van der Waals surface area contributed by atoms with Gasteiger partial charge in [0, 0.05) is 28.9 Å². The Balaban J connectivity index is 1.76. The molecule has 0 atom stereocenters. The topological polar surface area (TPSA) is 118 Å². The van der Waals surface area contributed by atoms with Gasteiger partial charge < -0.3 is 20.1 Å². The molecule has 0 unspecified atom stereocenters. The lowest BCUT2D eigenvalue weighted by Gasteiger charge is -2.09. The van der Waals surface area contributed by atoms with Gasteiger partial charge in [0.2, 0.25) is 0 Å². The van der Waals surface area contributed by atoms with Crippen molar-refractivity contribution in [1.82, 2.24) is 10.7 Å². The number of ether oxygens (including phenoxy) is 2. The smallest absolute Gasteiger partial charge is 0.329 e. The van der Waals surface area contributed by atoms with E-state index in [1.165, 1.54) is 6.21 Å². The van der Waals surface area contributed by atoms with E-state index in [1.807, 2.05) is 13.8 Å². The van der Waals surface area contributed by atoms with E-state index >= 15 is 0 Å². The molecule has 11 heteroatoms. The zero-order chi connectivity index (χ0) is 24.9. The number of halogens is 2. The molecule has 0 saturated carbocycles. The molecule has 0 radical (unpaired) electrons. The van der Waals surface area contributed by atoms with Gasteiger partial charge in [0.25, 0.3) is 5.91 Å². The summed E-state index contributed by atoms with van der Waals surface area (Å²) in [6, 6.07) is 11.4. The van der Waals surface area contributed by atoms with Crippen LogP contribution >= 0.6 is 23.2 Å². The first-order valence-electron chi connectivity index (χ1n) is 10.4. The molecular formula is C23H26Cl2N4O5. The fraction of sp³-hybridized carbons (Fsp3) is 0.304. The van der Waals surface area contributed by atoms with Gasteiger partial charge in [-0.2, -0.15) is 5.10 Å². The van der Waals surface area contributed by atoms with Gasteiger partial charge in [-0.1, -0.05) is 35.3 Å². The molecule has 2 aromatic carbocycles. The van der Waals surface area contributed by atoms with Crippen LogP contribution in [-0.4, -0.2) is 49.8 Å². The summed E-state index contributed by atoms with van der Waals surface area (Å²) in [6.07, 6.45) is 2.06. The van der Waals surface area contributed by atoms with Crippen molar-refractivity contribution in [3.8, 4) is 5.75 Å². The minimum Gasteiger partial charge on any atom is -0.484 e. The highest BCUT2D eigenvalue weighted by Gasteiger charge is 2.11. The fourth-order valence-corrected chi connectivity index (χ4v) is 3.07. The van der Waals surface area contributed by atoms with E-state index in [1.54, 1.807) is 42.5 Å². The molecule has 34 heavy (non-hydrogen) atoms. The first-order chi connectivity index (χ1) is 16.2. The molecule has 0 saturated heterocycles. The Labute approximate surface area is 207 Å². The van der Waals surface area contributed by atoms with Crippen molar-refractivity contribution in [2.45, 2.75) is 26.4 Å². The average molecular weight is 509 g/mol. The zero-order valence-corrected chi connectivity index (χ0v) is 20.3. The van der Waals surface area contributed by atoms with Gasteiger partial charge in [-0.05, 0) is 56.2 Å². The van der Waals surface area contributed by atoms with Gasteiger partial charge in [0.15, 0.2) is 6.61 Å². The molecule has 0 heterocycles. The van der Waals surface area contributed by atoms with Crippen LogP contribution in [0.25, 0.3) is 0 Å². The van der Waals surface area contributed by atoms with Crippen LogP contribution < -0.4 is 20.8 Å². The molecule has 0 aliphatic rings. The SMILES string of the molecule is CC(C)OCCCNC(=O)C(=O)N/N=C\c1cccc(OCC(=O)Nc2cc(Cl)cc(Cl)c2)c1. The number of rotatable bonds is 11. The molecule has 9 nitrogen and oxygen atoms in total. The van der Waals surface area contributed by atoms with Crippen LogP contribution in [0.1, 0.15) is 25.8 Å². The van der Waals surface area contributed by atoms with E-state index in [0.29, 0.717) is 46.6 Å². The van der Waals surface area contributed by atoms with Crippen molar-refractivity contribution < 1.29 is 23.9 Å². The van der Waals surface area contributed by atoms with Crippen LogP contribution in [-0.2, 0) is 19.1 Å². The van der Waals surface area contributed by atoms with Gasteiger partial charge in [-0.15, -0.1) is 0 Å². The Morgan fingerprint density at radius 1 is 1.06 bits per heavy atom. The van der Waals surface area contributed by atoms with Gasteiger partial charge in [0.05, 0.1) is 12.3 Å². The molecule has 0 bridgehead atoms. The number of nitrogens with one attached hydrogen (secondary N) is 3. The minimum atomic E-state index is -0.883. The number of hydrogen-bond acceptors (Lipinski definition) is 6. The third kappa shape index (κ3) is 10.7. The number of hydrogen-bond donors (Lipinski definition) is 3. The van der Waals surface area contributed by atoms with Crippen molar-refractivity contribution >= 4 is 52.8 Å². The number of amides is 3. The molecule has 0 aliphatic carbocycles. The third-order valence-corrected chi connectivity index (χ3v) is 4.45. The first kappa shape index (κ1) is 27.1. The maximum Gasteiger partial charge on any atom is 0.329 e. The van der Waals surface area contributed by atoms with Crippen LogP contribution in [0, 0.1) is 0 Å². The Hall–Kier alpha value is -3.14. The maximum atomic E-state index is 12.1. The summed E-state index contributed by atoms with van der Waals surface area (Å²) < 4.78 is 10.8.